The van der Waals surface area contributed by atoms with Crippen LogP contribution in [0.15, 0.2) is 6.20 Å². The molecule has 1 saturated heterocycles. The summed E-state index contributed by atoms with van der Waals surface area (Å²) < 4.78 is 0. The Balaban J connectivity index is 2.26. The van der Waals surface area contributed by atoms with Gasteiger partial charge in [-0.3, -0.25) is 0 Å². The molecule has 88 valence electrons. The Kier molecular flexibility index (Phi) is 2.96. The summed E-state index contributed by atoms with van der Waals surface area (Å²) in [5.41, 5.74) is 6.74. The third kappa shape index (κ3) is 2.09. The van der Waals surface area contributed by atoms with E-state index in [0.29, 0.717) is 12.0 Å². The van der Waals surface area contributed by atoms with E-state index in [1.54, 1.807) is 6.20 Å². The van der Waals surface area contributed by atoms with E-state index in [9.17, 15) is 0 Å². The summed E-state index contributed by atoms with van der Waals surface area (Å²) >= 11 is 0. The molecule has 1 fully saturated rings. The maximum Gasteiger partial charge on any atom is 0.221 e. The number of nitrogen functional groups attached to an aromatic ring is 1. The molecule has 1 atom stereocenters. The lowest BCUT2D eigenvalue weighted by Crippen LogP contribution is -2.51. The Morgan fingerprint density at radius 2 is 2.19 bits per heavy atom. The van der Waals surface area contributed by atoms with Crippen molar-refractivity contribution in [3.8, 4) is 0 Å². The number of anilines is 2. The molecule has 2 rings (SSSR count). The summed E-state index contributed by atoms with van der Waals surface area (Å²) in [4.78, 5) is 13.0. The number of aromatic nitrogens is 2. The zero-order chi connectivity index (χ0) is 11.7. The fraction of sp³-hybridized carbons (Fsp3) is 0.636. The molecule has 0 amide bonds. The summed E-state index contributed by atoms with van der Waals surface area (Å²) in [7, 11) is 2.15. The molecule has 1 aliphatic heterocycles. The summed E-state index contributed by atoms with van der Waals surface area (Å²) in [6.45, 7) is 7.36. The third-order valence-corrected chi connectivity index (χ3v) is 3.07. The molecule has 0 aromatic carbocycles. The van der Waals surface area contributed by atoms with Crippen molar-refractivity contribution in [2.24, 2.45) is 0 Å². The average molecular weight is 221 g/mol. The van der Waals surface area contributed by atoms with Gasteiger partial charge in [-0.25, -0.2) is 4.98 Å². The number of rotatable bonds is 1. The van der Waals surface area contributed by atoms with E-state index < -0.39 is 0 Å². The van der Waals surface area contributed by atoms with Crippen molar-refractivity contribution >= 4 is 11.8 Å². The van der Waals surface area contributed by atoms with E-state index in [0.717, 1.165) is 31.0 Å². The number of hydrogen-bond acceptors (Lipinski definition) is 5. The van der Waals surface area contributed by atoms with Gasteiger partial charge in [0.2, 0.25) is 5.95 Å². The summed E-state index contributed by atoms with van der Waals surface area (Å²) in [5.74, 6) is 1.33. The van der Waals surface area contributed by atoms with Gasteiger partial charge in [-0.1, -0.05) is 0 Å². The first-order chi connectivity index (χ1) is 7.58. The molecule has 1 unspecified atom stereocenters. The van der Waals surface area contributed by atoms with Gasteiger partial charge in [-0.2, -0.15) is 4.98 Å². The van der Waals surface area contributed by atoms with Gasteiger partial charge in [0.1, 0.15) is 5.82 Å². The Hall–Kier alpha value is -1.36. The van der Waals surface area contributed by atoms with Gasteiger partial charge in [0.25, 0.3) is 0 Å². The quantitative estimate of drug-likeness (QED) is 0.748. The second-order valence-corrected chi connectivity index (χ2v) is 4.54. The summed E-state index contributed by atoms with van der Waals surface area (Å²) in [6, 6.07) is 0.465. The highest BCUT2D eigenvalue weighted by Crippen LogP contribution is 2.21. The second-order valence-electron chi connectivity index (χ2n) is 4.54. The second kappa shape index (κ2) is 4.25. The highest BCUT2D eigenvalue weighted by molar-refractivity contribution is 5.49. The van der Waals surface area contributed by atoms with Crippen molar-refractivity contribution in [2.45, 2.75) is 19.9 Å². The molecule has 2 N–H and O–H groups in total. The summed E-state index contributed by atoms with van der Waals surface area (Å²) in [6.07, 6.45) is 1.79. The Bertz CT molecular complexity index is 379. The largest absolute Gasteiger partial charge is 0.368 e. The Labute approximate surface area is 96.3 Å². The van der Waals surface area contributed by atoms with Crippen molar-refractivity contribution in [3.05, 3.63) is 11.8 Å². The molecule has 1 aromatic rings. The lowest BCUT2D eigenvalue weighted by Gasteiger charge is -2.39. The maximum absolute atomic E-state index is 5.65. The minimum Gasteiger partial charge on any atom is -0.368 e. The van der Waals surface area contributed by atoms with Crippen LogP contribution in [0.2, 0.25) is 0 Å². The number of piperazine rings is 1. The van der Waals surface area contributed by atoms with E-state index in [1.807, 2.05) is 6.92 Å². The zero-order valence-corrected chi connectivity index (χ0v) is 10.1. The molecule has 1 aromatic heterocycles. The van der Waals surface area contributed by atoms with E-state index in [2.05, 4.69) is 33.7 Å². The van der Waals surface area contributed by atoms with Gasteiger partial charge in [-0.05, 0) is 20.9 Å². The van der Waals surface area contributed by atoms with Crippen molar-refractivity contribution in [3.63, 3.8) is 0 Å². The number of hydrogen-bond donors (Lipinski definition) is 1. The van der Waals surface area contributed by atoms with Crippen LogP contribution in [-0.2, 0) is 0 Å². The highest BCUT2D eigenvalue weighted by atomic mass is 15.3. The molecule has 0 aliphatic carbocycles. The number of aryl methyl sites for hydroxylation is 1. The zero-order valence-electron chi connectivity index (χ0n) is 10.1. The molecule has 0 bridgehead atoms. The lowest BCUT2D eigenvalue weighted by atomic mass is 10.2. The van der Waals surface area contributed by atoms with E-state index >= 15 is 0 Å². The van der Waals surface area contributed by atoms with Crippen LogP contribution in [-0.4, -0.2) is 47.6 Å². The Morgan fingerprint density at radius 3 is 2.88 bits per heavy atom. The summed E-state index contributed by atoms with van der Waals surface area (Å²) in [5, 5.41) is 0. The topological polar surface area (TPSA) is 58.3 Å². The van der Waals surface area contributed by atoms with E-state index in [1.165, 1.54) is 0 Å². The molecule has 5 heteroatoms. The fourth-order valence-electron chi connectivity index (χ4n) is 2.19. The van der Waals surface area contributed by atoms with Gasteiger partial charge >= 0.3 is 0 Å². The fourth-order valence-corrected chi connectivity index (χ4v) is 2.19. The third-order valence-electron chi connectivity index (χ3n) is 3.07. The smallest absolute Gasteiger partial charge is 0.221 e. The van der Waals surface area contributed by atoms with Crippen LogP contribution in [0, 0.1) is 6.92 Å². The van der Waals surface area contributed by atoms with Crippen LogP contribution in [0.4, 0.5) is 11.8 Å². The first kappa shape index (κ1) is 11.1. The van der Waals surface area contributed by atoms with Crippen LogP contribution in [0.3, 0.4) is 0 Å². The van der Waals surface area contributed by atoms with E-state index in [-0.39, 0.29) is 0 Å². The Morgan fingerprint density at radius 1 is 1.44 bits per heavy atom. The van der Waals surface area contributed by atoms with Crippen LogP contribution >= 0.6 is 0 Å². The van der Waals surface area contributed by atoms with Crippen LogP contribution in [0.1, 0.15) is 12.5 Å². The van der Waals surface area contributed by atoms with Gasteiger partial charge in [0, 0.05) is 37.4 Å². The lowest BCUT2D eigenvalue weighted by molar-refractivity contribution is 0.274. The monoisotopic (exact) mass is 221 g/mol. The average Bonchev–Trinajstić information content (AvgIpc) is 2.22. The minimum absolute atomic E-state index is 0.353. The number of likely N-dealkylation sites (N-methyl/N-ethyl adjacent to an activating group) is 1. The maximum atomic E-state index is 5.65. The molecule has 5 nitrogen and oxygen atoms in total. The van der Waals surface area contributed by atoms with Crippen LogP contribution in [0.5, 0.6) is 0 Å². The van der Waals surface area contributed by atoms with Gasteiger partial charge in [0.05, 0.1) is 0 Å². The first-order valence-electron chi connectivity index (χ1n) is 5.62. The van der Waals surface area contributed by atoms with Crippen molar-refractivity contribution in [1.82, 2.24) is 14.9 Å². The predicted molar refractivity (Wildman–Crippen MR) is 65.5 cm³/mol. The normalized spacial score (nSPS) is 22.4. The highest BCUT2D eigenvalue weighted by Gasteiger charge is 2.23. The molecule has 0 spiro atoms. The molecule has 16 heavy (non-hydrogen) atoms. The van der Waals surface area contributed by atoms with Crippen LogP contribution in [0.25, 0.3) is 0 Å². The van der Waals surface area contributed by atoms with Gasteiger partial charge in [-0.15, -0.1) is 0 Å². The predicted octanol–water partition coefficient (Wildman–Crippen LogP) is 0.508. The molecule has 2 heterocycles. The first-order valence-corrected chi connectivity index (χ1v) is 5.62. The van der Waals surface area contributed by atoms with Crippen molar-refractivity contribution in [1.29, 1.82) is 0 Å². The van der Waals surface area contributed by atoms with E-state index in [4.69, 9.17) is 5.73 Å². The molecule has 1 aliphatic rings. The molecular weight excluding hydrogens is 202 g/mol. The number of nitrogens with two attached hydrogens (primary N) is 1. The van der Waals surface area contributed by atoms with Crippen LogP contribution < -0.4 is 10.6 Å². The molecule has 0 radical (unpaired) electrons. The SMILES string of the molecule is Cc1cnc(N)nc1N1CCN(C)CC1C. The molecular formula is C11H19N5. The van der Waals surface area contributed by atoms with Gasteiger partial charge in [0.15, 0.2) is 0 Å². The number of nitrogens with zero attached hydrogens (tertiary/aromatic N) is 4. The molecule has 0 saturated carbocycles. The standard InChI is InChI=1S/C11H19N5/c1-8-6-13-11(12)14-10(8)16-5-4-15(3)7-9(16)2/h6,9H,4-5,7H2,1-3H3,(H2,12,13,14). The van der Waals surface area contributed by atoms with Crippen molar-refractivity contribution in [2.75, 3.05) is 37.3 Å². The van der Waals surface area contributed by atoms with Gasteiger partial charge < -0.3 is 15.5 Å². The van der Waals surface area contributed by atoms with Crippen molar-refractivity contribution < 1.29 is 0 Å². The minimum atomic E-state index is 0.353.